The zero-order valence-corrected chi connectivity index (χ0v) is 24.6. The number of methoxy groups -OCH3 is 1. The maximum atomic E-state index is 13.4. The normalized spacial score (nSPS) is 20.0. The summed E-state index contributed by atoms with van der Waals surface area (Å²) >= 11 is 0. The Labute approximate surface area is 224 Å². The standard InChI is InChI=1S/C28H52N4O5/c1-10-12-22(23(37-9)16-24(34)32-14-11-13-21(32)15-20(6)17-33)29-27(35)25(18(2)3)30-28(36)26(19(4)5)31(7)8/h17-23,25-26H,10-16H2,1-9H3,(H,29,35)(H,30,36). The second-order valence-corrected chi connectivity index (χ2v) is 11.5. The second kappa shape index (κ2) is 16.1. The number of carbonyl (C=O) groups is 4. The fraction of sp³-hybridized carbons (Fsp3) is 0.857. The number of hydrogen-bond acceptors (Lipinski definition) is 6. The molecule has 1 rings (SSSR count). The Morgan fingerprint density at radius 2 is 1.70 bits per heavy atom. The van der Waals surface area contributed by atoms with Gasteiger partial charge in [-0.3, -0.25) is 19.3 Å². The van der Waals surface area contributed by atoms with E-state index in [2.05, 4.69) is 10.6 Å². The van der Waals surface area contributed by atoms with Crippen LogP contribution in [0, 0.1) is 17.8 Å². The highest BCUT2D eigenvalue weighted by molar-refractivity contribution is 5.90. The van der Waals surface area contributed by atoms with Crippen LogP contribution in [0.3, 0.4) is 0 Å². The van der Waals surface area contributed by atoms with Crippen LogP contribution in [-0.4, -0.2) is 91.8 Å². The van der Waals surface area contributed by atoms with E-state index < -0.39 is 12.1 Å². The van der Waals surface area contributed by atoms with Crippen LogP contribution in [0.15, 0.2) is 0 Å². The van der Waals surface area contributed by atoms with Gasteiger partial charge in [-0.1, -0.05) is 48.0 Å². The largest absolute Gasteiger partial charge is 0.379 e. The minimum Gasteiger partial charge on any atom is -0.379 e. The summed E-state index contributed by atoms with van der Waals surface area (Å²) in [7, 11) is 5.28. The lowest BCUT2D eigenvalue weighted by atomic mass is 9.97. The van der Waals surface area contributed by atoms with Gasteiger partial charge in [0.05, 0.1) is 24.6 Å². The van der Waals surface area contributed by atoms with Gasteiger partial charge in [-0.05, 0) is 51.6 Å². The Balaban J connectivity index is 2.97. The molecule has 214 valence electrons. The average molecular weight is 525 g/mol. The molecule has 0 aliphatic carbocycles. The number of likely N-dealkylation sites (tertiary alicyclic amines) is 1. The molecule has 1 heterocycles. The molecule has 1 aliphatic rings. The predicted molar refractivity (Wildman–Crippen MR) is 146 cm³/mol. The summed E-state index contributed by atoms with van der Waals surface area (Å²) in [5.74, 6) is -0.571. The third kappa shape index (κ3) is 10.0. The van der Waals surface area contributed by atoms with Crippen molar-refractivity contribution in [1.29, 1.82) is 0 Å². The molecule has 0 bridgehead atoms. The average Bonchev–Trinajstić information content (AvgIpc) is 3.27. The fourth-order valence-corrected chi connectivity index (χ4v) is 5.41. The van der Waals surface area contributed by atoms with Gasteiger partial charge in [-0.25, -0.2) is 0 Å². The van der Waals surface area contributed by atoms with Crippen molar-refractivity contribution in [2.24, 2.45) is 17.8 Å². The van der Waals surface area contributed by atoms with E-state index >= 15 is 0 Å². The number of amides is 3. The van der Waals surface area contributed by atoms with Crippen molar-refractivity contribution in [3.05, 3.63) is 0 Å². The summed E-state index contributed by atoms with van der Waals surface area (Å²) in [6.07, 6.45) is 4.55. The summed E-state index contributed by atoms with van der Waals surface area (Å²) in [5, 5.41) is 6.05. The highest BCUT2D eigenvalue weighted by atomic mass is 16.5. The summed E-state index contributed by atoms with van der Waals surface area (Å²) in [6, 6.07) is -1.35. The van der Waals surface area contributed by atoms with Crippen molar-refractivity contribution in [2.45, 2.75) is 110 Å². The van der Waals surface area contributed by atoms with E-state index in [1.807, 2.05) is 65.4 Å². The molecule has 6 unspecified atom stereocenters. The molecular weight excluding hydrogens is 472 g/mol. The molecule has 37 heavy (non-hydrogen) atoms. The molecule has 1 fully saturated rings. The molecule has 0 aromatic rings. The monoisotopic (exact) mass is 524 g/mol. The number of nitrogens with one attached hydrogen (secondary N) is 2. The lowest BCUT2D eigenvalue weighted by Gasteiger charge is -2.33. The Morgan fingerprint density at radius 1 is 1.05 bits per heavy atom. The second-order valence-electron chi connectivity index (χ2n) is 11.5. The molecule has 1 aliphatic heterocycles. The first-order valence-electron chi connectivity index (χ1n) is 13.9. The Kier molecular flexibility index (Phi) is 14.3. The number of ether oxygens (including phenoxy) is 1. The minimum absolute atomic E-state index is 0.0118. The number of nitrogens with zero attached hydrogens (tertiary/aromatic N) is 2. The molecule has 0 aromatic heterocycles. The highest BCUT2D eigenvalue weighted by Gasteiger charge is 2.35. The first-order chi connectivity index (χ1) is 17.4. The molecule has 9 heteroatoms. The van der Waals surface area contributed by atoms with Gasteiger partial charge in [-0.15, -0.1) is 0 Å². The number of hydrogen-bond donors (Lipinski definition) is 2. The zero-order chi connectivity index (χ0) is 28.3. The molecule has 6 atom stereocenters. The van der Waals surface area contributed by atoms with Crippen LogP contribution in [0.25, 0.3) is 0 Å². The fourth-order valence-electron chi connectivity index (χ4n) is 5.41. The van der Waals surface area contributed by atoms with E-state index in [0.29, 0.717) is 19.4 Å². The van der Waals surface area contributed by atoms with E-state index in [1.165, 1.54) is 0 Å². The van der Waals surface area contributed by atoms with E-state index in [4.69, 9.17) is 4.74 Å². The van der Waals surface area contributed by atoms with Crippen molar-refractivity contribution in [3.8, 4) is 0 Å². The van der Waals surface area contributed by atoms with E-state index in [-0.39, 0.29) is 60.0 Å². The Bertz CT molecular complexity index is 734. The number of rotatable bonds is 16. The van der Waals surface area contributed by atoms with Crippen LogP contribution in [0.4, 0.5) is 0 Å². The topological polar surface area (TPSA) is 108 Å². The maximum absolute atomic E-state index is 13.4. The predicted octanol–water partition coefficient (Wildman–Crippen LogP) is 2.62. The number of carbonyl (C=O) groups excluding carboxylic acids is 4. The minimum atomic E-state index is -0.700. The quantitative estimate of drug-likeness (QED) is 0.301. The first-order valence-corrected chi connectivity index (χ1v) is 13.9. The van der Waals surface area contributed by atoms with Crippen LogP contribution in [0.2, 0.25) is 0 Å². The summed E-state index contributed by atoms with van der Waals surface area (Å²) < 4.78 is 5.74. The molecular formula is C28H52N4O5. The van der Waals surface area contributed by atoms with Gasteiger partial charge in [0, 0.05) is 25.6 Å². The first kappa shape index (κ1) is 33.0. The third-order valence-electron chi connectivity index (χ3n) is 7.33. The van der Waals surface area contributed by atoms with Gasteiger partial charge in [0.1, 0.15) is 12.3 Å². The maximum Gasteiger partial charge on any atom is 0.243 e. The van der Waals surface area contributed by atoms with Gasteiger partial charge in [0.25, 0.3) is 0 Å². The van der Waals surface area contributed by atoms with Crippen LogP contribution in [0.5, 0.6) is 0 Å². The van der Waals surface area contributed by atoms with E-state index in [0.717, 1.165) is 25.5 Å². The number of aldehydes is 1. The van der Waals surface area contributed by atoms with Crippen molar-refractivity contribution >= 4 is 24.0 Å². The molecule has 0 aromatic carbocycles. The van der Waals surface area contributed by atoms with Crippen molar-refractivity contribution in [2.75, 3.05) is 27.7 Å². The van der Waals surface area contributed by atoms with Gasteiger partial charge < -0.3 is 25.1 Å². The van der Waals surface area contributed by atoms with Gasteiger partial charge in [-0.2, -0.15) is 0 Å². The van der Waals surface area contributed by atoms with E-state index in [1.54, 1.807) is 7.11 Å². The molecule has 0 saturated carbocycles. The van der Waals surface area contributed by atoms with Gasteiger partial charge in [0.15, 0.2) is 0 Å². The van der Waals surface area contributed by atoms with Crippen LogP contribution >= 0.6 is 0 Å². The number of likely N-dealkylation sites (N-methyl/N-ethyl adjacent to an activating group) is 1. The molecule has 2 N–H and O–H groups in total. The van der Waals surface area contributed by atoms with Crippen LogP contribution in [-0.2, 0) is 23.9 Å². The summed E-state index contributed by atoms with van der Waals surface area (Å²) in [6.45, 7) is 12.4. The lowest BCUT2D eigenvalue weighted by molar-refractivity contribution is -0.137. The highest BCUT2D eigenvalue weighted by Crippen LogP contribution is 2.25. The van der Waals surface area contributed by atoms with Crippen molar-refractivity contribution in [1.82, 2.24) is 20.4 Å². The summed E-state index contributed by atoms with van der Waals surface area (Å²) in [4.78, 5) is 54.6. The molecule has 9 nitrogen and oxygen atoms in total. The Morgan fingerprint density at radius 3 is 2.19 bits per heavy atom. The van der Waals surface area contributed by atoms with E-state index in [9.17, 15) is 19.2 Å². The molecule has 0 radical (unpaired) electrons. The molecule has 0 spiro atoms. The zero-order valence-electron chi connectivity index (χ0n) is 24.6. The van der Waals surface area contributed by atoms with Crippen LogP contribution in [0.1, 0.15) is 80.1 Å². The molecule has 3 amide bonds. The van der Waals surface area contributed by atoms with Crippen LogP contribution < -0.4 is 10.6 Å². The van der Waals surface area contributed by atoms with Gasteiger partial charge in [0.2, 0.25) is 17.7 Å². The van der Waals surface area contributed by atoms with Crippen molar-refractivity contribution < 1.29 is 23.9 Å². The SMILES string of the molecule is CCCC(NC(=O)C(NC(=O)C(C(C)C)N(C)C)C(C)C)C(CC(=O)N1CCCC1CC(C)C=O)OC. The van der Waals surface area contributed by atoms with Gasteiger partial charge >= 0.3 is 0 Å². The lowest BCUT2D eigenvalue weighted by Crippen LogP contribution is -2.58. The smallest absolute Gasteiger partial charge is 0.243 e. The summed E-state index contributed by atoms with van der Waals surface area (Å²) in [5.41, 5.74) is 0. The molecule has 1 saturated heterocycles. The Hall–Kier alpha value is -2.00. The van der Waals surface area contributed by atoms with Crippen molar-refractivity contribution in [3.63, 3.8) is 0 Å². The third-order valence-corrected chi connectivity index (χ3v) is 7.33.